The molecule has 15 heteroatoms. The van der Waals surface area contributed by atoms with E-state index in [4.69, 9.17) is 23.6 Å². The highest BCUT2D eigenvalue weighted by Gasteiger charge is 2.62. The number of ether oxygens (including phenoxy) is 3. The minimum Gasteiger partial charge on any atom is -0.497 e. The maximum atomic E-state index is 14.7. The number of hydrogen-bond acceptors (Lipinski definition) is 11. The molecule has 3 amide bonds. The second-order valence-electron chi connectivity index (χ2n) is 17.5. The lowest BCUT2D eigenvalue weighted by Crippen LogP contribution is -2.57. The third-order valence-corrected chi connectivity index (χ3v) is 12.8. The zero-order valence-electron chi connectivity index (χ0n) is 33.3. The van der Waals surface area contributed by atoms with Crippen molar-refractivity contribution in [2.45, 2.75) is 102 Å². The second kappa shape index (κ2) is 14.3. The Morgan fingerprint density at radius 3 is 2.37 bits per heavy atom. The average molecular weight is 803 g/mol. The number of benzene rings is 2. The summed E-state index contributed by atoms with van der Waals surface area (Å²) in [6, 6.07) is 11.8. The lowest BCUT2D eigenvalue weighted by molar-refractivity contribution is -0.161. The number of sulfonamides is 1. The van der Waals surface area contributed by atoms with Gasteiger partial charge in [-0.3, -0.25) is 23.9 Å². The normalized spacial score (nSPS) is 22.9. The molecule has 2 aliphatic carbocycles. The molecular formula is C42H50N4O10S. The number of rotatable bonds is 12. The molecule has 1 aliphatic heterocycles. The largest absolute Gasteiger partial charge is 0.497 e. The fraction of sp³-hybridized carbons (Fsp3) is 0.500. The Kier molecular flexibility index (Phi) is 10.1. The average Bonchev–Trinajstić information content (AvgIpc) is 4.04. The summed E-state index contributed by atoms with van der Waals surface area (Å²) in [6.45, 7) is 14.5. The van der Waals surface area contributed by atoms with Crippen molar-refractivity contribution in [2.24, 2.45) is 17.3 Å². The number of carbonyl (C=O) groups excluding carboxylic acids is 4. The molecule has 2 aromatic carbocycles. The molecule has 0 spiro atoms. The van der Waals surface area contributed by atoms with E-state index in [1.165, 1.54) is 11.0 Å². The molecule has 7 rings (SSSR count). The predicted molar refractivity (Wildman–Crippen MR) is 213 cm³/mol. The topological polar surface area (TPSA) is 183 Å². The summed E-state index contributed by atoms with van der Waals surface area (Å²) < 4.78 is 51.7. The highest BCUT2D eigenvalue weighted by atomic mass is 32.2. The lowest BCUT2D eigenvalue weighted by Gasteiger charge is -2.35. The number of carbonyl (C=O) groups is 4. The van der Waals surface area contributed by atoms with Gasteiger partial charge in [0, 0.05) is 23.1 Å². The molecule has 4 aromatic rings. The number of likely N-dealkylation sites (tertiary alicyclic amines) is 1. The summed E-state index contributed by atoms with van der Waals surface area (Å²) in [7, 11) is -2.34. The highest BCUT2D eigenvalue weighted by Crippen LogP contribution is 2.46. The molecule has 2 aromatic heterocycles. The van der Waals surface area contributed by atoms with Crippen LogP contribution in [-0.4, -0.2) is 84.2 Å². The molecule has 0 unspecified atom stereocenters. The van der Waals surface area contributed by atoms with Crippen LogP contribution >= 0.6 is 0 Å². The van der Waals surface area contributed by atoms with Crippen LogP contribution in [0.2, 0.25) is 0 Å². The number of esters is 1. The van der Waals surface area contributed by atoms with E-state index in [-0.39, 0.29) is 31.7 Å². The molecular weight excluding hydrogens is 753 g/mol. The van der Waals surface area contributed by atoms with Gasteiger partial charge in [0.1, 0.15) is 40.1 Å². The van der Waals surface area contributed by atoms with E-state index in [9.17, 15) is 27.6 Å². The summed E-state index contributed by atoms with van der Waals surface area (Å²) in [6.07, 6.45) is 1.55. The first-order valence-corrected chi connectivity index (χ1v) is 20.8. The van der Waals surface area contributed by atoms with Gasteiger partial charge in [-0.05, 0) is 69.7 Å². The first kappa shape index (κ1) is 40.0. The Bertz CT molecular complexity index is 2410. The van der Waals surface area contributed by atoms with Crippen LogP contribution in [0.4, 0.5) is 0 Å². The third kappa shape index (κ3) is 7.90. The molecule has 14 nitrogen and oxygen atoms in total. The van der Waals surface area contributed by atoms with Crippen molar-refractivity contribution in [3.63, 3.8) is 0 Å². The van der Waals surface area contributed by atoms with Crippen LogP contribution in [0, 0.1) is 17.3 Å². The van der Waals surface area contributed by atoms with Crippen LogP contribution in [0.3, 0.4) is 0 Å². The fourth-order valence-electron chi connectivity index (χ4n) is 7.67. The van der Waals surface area contributed by atoms with Crippen LogP contribution in [0.15, 0.2) is 59.5 Å². The highest BCUT2D eigenvalue weighted by molar-refractivity contribution is 7.91. The van der Waals surface area contributed by atoms with Crippen molar-refractivity contribution in [1.82, 2.24) is 19.9 Å². The van der Waals surface area contributed by atoms with Gasteiger partial charge >= 0.3 is 5.97 Å². The number of pyridine rings is 1. The number of amides is 3. The van der Waals surface area contributed by atoms with E-state index >= 15 is 0 Å². The Balaban J connectivity index is 1.24. The van der Waals surface area contributed by atoms with Crippen molar-refractivity contribution in [3.05, 3.63) is 55.1 Å². The van der Waals surface area contributed by atoms with Crippen molar-refractivity contribution in [3.8, 4) is 11.6 Å². The van der Waals surface area contributed by atoms with Crippen molar-refractivity contribution in [1.29, 1.82) is 0 Å². The zero-order chi connectivity index (χ0) is 41.2. The molecule has 3 aliphatic rings. The number of aromatic nitrogens is 1. The monoisotopic (exact) mass is 802 g/mol. The predicted octanol–water partition coefficient (Wildman–Crippen LogP) is 5.55. The molecule has 0 radical (unpaired) electrons. The molecule has 1 saturated heterocycles. The number of hydrogen-bond donors (Lipinski definition) is 2. The molecule has 5 atom stereocenters. The van der Waals surface area contributed by atoms with Gasteiger partial charge in [-0.25, -0.2) is 13.4 Å². The molecule has 3 fully saturated rings. The lowest BCUT2D eigenvalue weighted by atomic mass is 9.77. The van der Waals surface area contributed by atoms with Crippen LogP contribution in [0.25, 0.3) is 32.8 Å². The SMILES string of the molecule is C=C[C@@H]1C[C@]1(NC(=O)[C@@H]1C[C@@H](Oc2nc3c4cc(OC)ccc4oc3c3ccccc23)CN1C(=O)[C@@H](CC(=O)OC(C)(C)C)C(C)(C)C)C(=O)NS(=O)(=O)C1CC1. The Morgan fingerprint density at radius 2 is 1.75 bits per heavy atom. The summed E-state index contributed by atoms with van der Waals surface area (Å²) in [5.41, 5.74) is -1.38. The zero-order valence-corrected chi connectivity index (χ0v) is 34.2. The minimum atomic E-state index is -3.92. The van der Waals surface area contributed by atoms with Crippen molar-refractivity contribution >= 4 is 66.6 Å². The first-order valence-electron chi connectivity index (χ1n) is 19.2. The molecule has 3 heterocycles. The maximum Gasteiger partial charge on any atom is 0.307 e. The van der Waals surface area contributed by atoms with E-state index < -0.39 is 79.5 Å². The van der Waals surface area contributed by atoms with Gasteiger partial charge in [-0.1, -0.05) is 45.0 Å². The van der Waals surface area contributed by atoms with E-state index in [1.807, 2.05) is 57.2 Å². The fourth-order valence-corrected chi connectivity index (χ4v) is 9.03. The first-order chi connectivity index (χ1) is 26.7. The Hall–Kier alpha value is -5.18. The van der Waals surface area contributed by atoms with E-state index in [0.717, 1.165) is 5.39 Å². The number of methoxy groups -OCH3 is 1. The van der Waals surface area contributed by atoms with Crippen LogP contribution in [-0.2, 0) is 33.9 Å². The number of fused-ring (bicyclic) bond motifs is 5. The van der Waals surface area contributed by atoms with Gasteiger partial charge < -0.3 is 28.8 Å². The standard InChI is InChI=1S/C42H50N4O10S/c1-9-23-21-42(23,39(50)45-57(51,52)26-15-16-26)44-36(48)31-19-25(22-46(31)38(49)30(40(2,3)4)20-33(47)56-41(5,6)7)54-37-28-13-11-10-12-27(28)35-34(43-37)29-18-24(53-8)14-17-32(29)55-35/h9-14,17-18,23,25-26,30-31H,1,15-16,19-22H2,2-8H3,(H,44,48)(H,45,50)/t23-,25-,30-,31+,42-/m1/s1. The van der Waals surface area contributed by atoms with Gasteiger partial charge in [0.05, 0.1) is 36.6 Å². The Morgan fingerprint density at radius 1 is 1.05 bits per heavy atom. The molecule has 2 saturated carbocycles. The smallest absolute Gasteiger partial charge is 0.307 e. The van der Waals surface area contributed by atoms with E-state index in [1.54, 1.807) is 33.9 Å². The van der Waals surface area contributed by atoms with Gasteiger partial charge in [-0.15, -0.1) is 6.58 Å². The van der Waals surface area contributed by atoms with Crippen LogP contribution in [0.1, 0.15) is 73.6 Å². The summed E-state index contributed by atoms with van der Waals surface area (Å²) in [5.74, 6) is -3.08. The minimum absolute atomic E-state index is 0.00566. The van der Waals surface area contributed by atoms with Crippen LogP contribution < -0.4 is 19.5 Å². The van der Waals surface area contributed by atoms with Gasteiger partial charge in [0.25, 0.3) is 5.91 Å². The Labute approximate surface area is 331 Å². The molecule has 304 valence electrons. The molecule has 57 heavy (non-hydrogen) atoms. The maximum absolute atomic E-state index is 14.7. The summed E-state index contributed by atoms with van der Waals surface area (Å²) in [4.78, 5) is 62.3. The number of nitrogens with one attached hydrogen (secondary N) is 2. The van der Waals surface area contributed by atoms with Crippen molar-refractivity contribution < 1.29 is 46.2 Å². The second-order valence-corrected chi connectivity index (χ2v) is 19.4. The quantitative estimate of drug-likeness (QED) is 0.135. The number of furan rings is 1. The van der Waals surface area contributed by atoms with Crippen molar-refractivity contribution in [2.75, 3.05) is 13.7 Å². The molecule has 0 bridgehead atoms. The summed E-state index contributed by atoms with van der Waals surface area (Å²) in [5, 5.41) is 4.28. The van der Waals surface area contributed by atoms with Gasteiger partial charge in [0.15, 0.2) is 5.58 Å². The van der Waals surface area contributed by atoms with E-state index in [0.29, 0.717) is 46.0 Å². The van der Waals surface area contributed by atoms with Gasteiger partial charge in [0.2, 0.25) is 27.7 Å². The summed E-state index contributed by atoms with van der Waals surface area (Å²) >= 11 is 0. The third-order valence-electron chi connectivity index (χ3n) is 11.0. The van der Waals surface area contributed by atoms with Crippen LogP contribution in [0.5, 0.6) is 11.6 Å². The van der Waals surface area contributed by atoms with E-state index in [2.05, 4.69) is 16.6 Å². The number of nitrogens with zero attached hydrogens (tertiary/aromatic N) is 2. The van der Waals surface area contributed by atoms with Gasteiger partial charge in [-0.2, -0.15) is 0 Å². The molecule has 2 N–H and O–H groups in total.